The van der Waals surface area contributed by atoms with E-state index in [-0.39, 0.29) is 0 Å². The Bertz CT molecular complexity index is 624. The van der Waals surface area contributed by atoms with E-state index in [1.807, 2.05) is 12.4 Å². The van der Waals surface area contributed by atoms with Crippen molar-refractivity contribution in [3.63, 3.8) is 0 Å². The second-order valence-electron chi connectivity index (χ2n) is 6.63. The lowest BCUT2D eigenvalue weighted by molar-refractivity contribution is 0.103. The van der Waals surface area contributed by atoms with E-state index in [0.29, 0.717) is 12.1 Å². The van der Waals surface area contributed by atoms with E-state index in [4.69, 9.17) is 4.74 Å². The van der Waals surface area contributed by atoms with Gasteiger partial charge in [-0.1, -0.05) is 37.3 Å². The molecule has 5 nitrogen and oxygen atoms in total. The minimum Gasteiger partial charge on any atom is -0.467 e. The van der Waals surface area contributed by atoms with Gasteiger partial charge in [0.25, 0.3) is 0 Å². The zero-order valence-electron chi connectivity index (χ0n) is 15.3. The number of hydrogen-bond acceptors (Lipinski definition) is 5. The van der Waals surface area contributed by atoms with Crippen molar-refractivity contribution in [3.8, 4) is 6.01 Å². The van der Waals surface area contributed by atoms with Crippen molar-refractivity contribution < 1.29 is 4.74 Å². The maximum atomic E-state index is 5.02. The van der Waals surface area contributed by atoms with Crippen LogP contribution in [-0.2, 0) is 13.1 Å². The van der Waals surface area contributed by atoms with Gasteiger partial charge in [-0.25, -0.2) is 9.97 Å². The van der Waals surface area contributed by atoms with Gasteiger partial charge in [-0.05, 0) is 38.0 Å². The topological polar surface area (TPSA) is 41.5 Å². The van der Waals surface area contributed by atoms with Gasteiger partial charge in [-0.2, -0.15) is 0 Å². The highest BCUT2D eigenvalue weighted by atomic mass is 16.5. The molecule has 0 spiro atoms. The molecule has 1 fully saturated rings. The van der Waals surface area contributed by atoms with Gasteiger partial charge in [0, 0.05) is 37.1 Å². The second-order valence-corrected chi connectivity index (χ2v) is 6.63. The maximum absolute atomic E-state index is 5.02. The van der Waals surface area contributed by atoms with Crippen LogP contribution in [0.15, 0.2) is 42.7 Å². The zero-order valence-corrected chi connectivity index (χ0v) is 15.3. The summed E-state index contributed by atoms with van der Waals surface area (Å²) in [7, 11) is 1.59. The lowest BCUT2D eigenvalue weighted by atomic mass is 10.0. The monoisotopic (exact) mass is 340 g/mol. The van der Waals surface area contributed by atoms with Gasteiger partial charge in [0.1, 0.15) is 0 Å². The van der Waals surface area contributed by atoms with Crippen LogP contribution in [0.25, 0.3) is 0 Å². The number of likely N-dealkylation sites (tertiary alicyclic amines) is 1. The van der Waals surface area contributed by atoms with E-state index in [1.54, 1.807) is 7.11 Å². The van der Waals surface area contributed by atoms with Crippen molar-refractivity contribution in [2.24, 2.45) is 0 Å². The van der Waals surface area contributed by atoms with E-state index in [1.165, 1.54) is 18.4 Å². The van der Waals surface area contributed by atoms with E-state index in [2.05, 4.69) is 57.0 Å². The number of aromatic nitrogens is 2. The zero-order chi connectivity index (χ0) is 17.5. The van der Waals surface area contributed by atoms with Crippen LogP contribution in [-0.4, -0.2) is 52.6 Å². The molecule has 3 rings (SSSR count). The highest BCUT2D eigenvalue weighted by Crippen LogP contribution is 2.20. The van der Waals surface area contributed by atoms with E-state index in [0.717, 1.165) is 38.3 Å². The summed E-state index contributed by atoms with van der Waals surface area (Å²) in [5.74, 6) is 0. The predicted molar refractivity (Wildman–Crippen MR) is 99.4 cm³/mol. The minimum absolute atomic E-state index is 0.432. The third kappa shape index (κ3) is 5.00. The highest BCUT2D eigenvalue weighted by molar-refractivity contribution is 5.14. The van der Waals surface area contributed by atoms with Crippen molar-refractivity contribution in [2.45, 2.75) is 38.9 Å². The molecule has 0 aliphatic carbocycles. The number of ether oxygens (including phenoxy) is 1. The van der Waals surface area contributed by atoms with Gasteiger partial charge >= 0.3 is 6.01 Å². The largest absolute Gasteiger partial charge is 0.467 e. The van der Waals surface area contributed by atoms with Crippen molar-refractivity contribution in [1.29, 1.82) is 0 Å². The summed E-state index contributed by atoms with van der Waals surface area (Å²) in [6.45, 7) is 7.59. The summed E-state index contributed by atoms with van der Waals surface area (Å²) in [5, 5.41) is 0. The molecule has 1 aliphatic heterocycles. The first kappa shape index (κ1) is 17.8. The molecule has 0 amide bonds. The van der Waals surface area contributed by atoms with Gasteiger partial charge in [-0.3, -0.25) is 9.80 Å². The summed E-state index contributed by atoms with van der Waals surface area (Å²) >= 11 is 0. The Hall–Kier alpha value is -1.98. The molecule has 1 aliphatic rings. The Kier molecular flexibility index (Phi) is 6.36. The lowest BCUT2D eigenvalue weighted by Gasteiger charge is -2.38. The average molecular weight is 340 g/mol. The van der Waals surface area contributed by atoms with E-state index >= 15 is 0 Å². The third-order valence-electron chi connectivity index (χ3n) is 4.98. The fourth-order valence-corrected chi connectivity index (χ4v) is 3.55. The first-order chi connectivity index (χ1) is 12.3. The van der Waals surface area contributed by atoms with Gasteiger partial charge in [0.05, 0.1) is 7.11 Å². The van der Waals surface area contributed by atoms with Crippen LogP contribution in [0.1, 0.15) is 30.9 Å². The Morgan fingerprint density at radius 1 is 1.08 bits per heavy atom. The smallest absolute Gasteiger partial charge is 0.316 e. The van der Waals surface area contributed by atoms with E-state index in [9.17, 15) is 0 Å². The number of nitrogens with zero attached hydrogens (tertiary/aromatic N) is 4. The molecule has 1 aromatic heterocycles. The molecule has 134 valence electrons. The standard InChI is InChI=1S/C20H28N4O/c1-3-24(16-17-7-5-4-6-8-17)19-9-11-23(12-10-19)15-18-13-21-20(25-2)22-14-18/h4-8,13-14,19H,3,9-12,15-16H2,1-2H3. The molecule has 0 N–H and O–H groups in total. The molecule has 0 radical (unpaired) electrons. The summed E-state index contributed by atoms with van der Waals surface area (Å²) in [5.41, 5.74) is 2.55. The molecular weight excluding hydrogens is 312 g/mol. The Labute approximate surface area is 150 Å². The van der Waals surface area contributed by atoms with Crippen LogP contribution in [0.2, 0.25) is 0 Å². The molecule has 1 saturated heterocycles. The molecule has 25 heavy (non-hydrogen) atoms. The summed E-state index contributed by atoms with van der Waals surface area (Å²) in [6, 6.07) is 11.9. The van der Waals surface area contributed by atoms with Crippen LogP contribution in [0, 0.1) is 0 Å². The van der Waals surface area contributed by atoms with Crippen molar-refractivity contribution in [1.82, 2.24) is 19.8 Å². The molecular formula is C20H28N4O. The van der Waals surface area contributed by atoms with Crippen LogP contribution in [0.4, 0.5) is 0 Å². The Balaban J connectivity index is 1.49. The first-order valence-electron chi connectivity index (χ1n) is 9.13. The Morgan fingerprint density at radius 2 is 1.76 bits per heavy atom. The first-order valence-corrected chi connectivity index (χ1v) is 9.13. The van der Waals surface area contributed by atoms with Gasteiger partial charge < -0.3 is 4.74 Å². The molecule has 0 unspecified atom stereocenters. The van der Waals surface area contributed by atoms with E-state index < -0.39 is 0 Å². The van der Waals surface area contributed by atoms with Gasteiger partial charge in [0.2, 0.25) is 0 Å². The summed E-state index contributed by atoms with van der Waals surface area (Å²) in [4.78, 5) is 13.5. The van der Waals surface area contributed by atoms with Crippen molar-refractivity contribution >= 4 is 0 Å². The van der Waals surface area contributed by atoms with Gasteiger partial charge in [0.15, 0.2) is 0 Å². The molecule has 1 aromatic carbocycles. The normalized spacial score (nSPS) is 16.3. The fourth-order valence-electron chi connectivity index (χ4n) is 3.55. The highest BCUT2D eigenvalue weighted by Gasteiger charge is 2.23. The van der Waals surface area contributed by atoms with Crippen molar-refractivity contribution in [2.75, 3.05) is 26.7 Å². The average Bonchev–Trinajstić information content (AvgIpc) is 2.68. The second kappa shape index (κ2) is 8.92. The third-order valence-corrected chi connectivity index (χ3v) is 4.98. The number of piperidine rings is 1. The number of hydrogen-bond donors (Lipinski definition) is 0. The Morgan fingerprint density at radius 3 is 2.36 bits per heavy atom. The molecule has 0 saturated carbocycles. The van der Waals surface area contributed by atoms with Crippen LogP contribution < -0.4 is 4.74 Å². The van der Waals surface area contributed by atoms with Crippen molar-refractivity contribution in [3.05, 3.63) is 53.9 Å². The summed E-state index contributed by atoms with van der Waals surface area (Å²) < 4.78 is 5.02. The fraction of sp³-hybridized carbons (Fsp3) is 0.500. The summed E-state index contributed by atoms with van der Waals surface area (Å²) in [6.07, 6.45) is 6.17. The number of benzene rings is 1. The lowest BCUT2D eigenvalue weighted by Crippen LogP contribution is -2.44. The maximum Gasteiger partial charge on any atom is 0.316 e. The quantitative estimate of drug-likeness (QED) is 0.775. The molecule has 2 aromatic rings. The minimum atomic E-state index is 0.432. The van der Waals surface area contributed by atoms with Crippen LogP contribution in [0.5, 0.6) is 6.01 Å². The molecule has 0 atom stereocenters. The molecule has 0 bridgehead atoms. The number of rotatable bonds is 7. The molecule has 2 heterocycles. The van der Waals surface area contributed by atoms with Crippen LogP contribution >= 0.6 is 0 Å². The number of methoxy groups -OCH3 is 1. The van der Waals surface area contributed by atoms with Crippen LogP contribution in [0.3, 0.4) is 0 Å². The predicted octanol–water partition coefficient (Wildman–Crippen LogP) is 2.97. The van der Waals surface area contributed by atoms with Gasteiger partial charge in [-0.15, -0.1) is 0 Å². The molecule has 5 heteroatoms. The SMILES string of the molecule is CCN(Cc1ccccc1)C1CCN(Cc2cnc(OC)nc2)CC1.